The van der Waals surface area contributed by atoms with E-state index in [9.17, 15) is 9.59 Å². The highest BCUT2D eigenvalue weighted by molar-refractivity contribution is 7.13. The quantitative estimate of drug-likeness (QED) is 0.485. The van der Waals surface area contributed by atoms with Gasteiger partial charge < -0.3 is 9.73 Å². The van der Waals surface area contributed by atoms with Gasteiger partial charge in [-0.1, -0.05) is 18.2 Å². The summed E-state index contributed by atoms with van der Waals surface area (Å²) in [7, 11) is 0. The van der Waals surface area contributed by atoms with Crippen molar-refractivity contribution in [3.05, 3.63) is 52.3 Å². The first-order valence-corrected chi connectivity index (χ1v) is 10.4. The molecule has 30 heavy (non-hydrogen) atoms. The molecule has 0 aliphatic heterocycles. The predicted octanol–water partition coefficient (Wildman–Crippen LogP) is 2.58. The smallest absolute Gasteiger partial charge is 0.387 e. The van der Waals surface area contributed by atoms with Crippen molar-refractivity contribution in [2.75, 3.05) is 5.32 Å². The largest absolute Gasteiger partial charge is 0.437 e. The van der Waals surface area contributed by atoms with Crippen LogP contribution in [0.4, 0.5) is 5.69 Å². The fraction of sp³-hybridized carbons (Fsp3) is 0.263. The zero-order valence-electron chi connectivity index (χ0n) is 15.8. The minimum Gasteiger partial charge on any atom is -0.387 e. The molecule has 5 rings (SSSR count). The van der Waals surface area contributed by atoms with Crippen molar-refractivity contribution in [1.29, 1.82) is 0 Å². The molecule has 1 saturated carbocycles. The molecule has 0 saturated heterocycles. The summed E-state index contributed by atoms with van der Waals surface area (Å²) in [5.74, 6) is 0.127. The number of carbonyl (C=O) groups is 1. The fourth-order valence-electron chi connectivity index (χ4n) is 3.06. The second-order valence-corrected chi connectivity index (χ2v) is 7.88. The standard InChI is InChI=1S/C19H17N7O3S/c27-16(8-9-25-19(28)29-18(22-25)15-5-2-10-30-15)20-13-4-1-3-12(11-13)17-21-23-24-26(17)14-6-7-14/h1-5,10-11,14H,6-9H2,(H,20,27). The second-order valence-electron chi connectivity index (χ2n) is 6.93. The predicted molar refractivity (Wildman–Crippen MR) is 109 cm³/mol. The Balaban J connectivity index is 1.24. The second kappa shape index (κ2) is 7.67. The monoisotopic (exact) mass is 423 g/mol. The van der Waals surface area contributed by atoms with Crippen LogP contribution in [0.1, 0.15) is 25.3 Å². The van der Waals surface area contributed by atoms with Crippen LogP contribution in [0.2, 0.25) is 0 Å². The molecule has 10 nitrogen and oxygen atoms in total. The first-order valence-electron chi connectivity index (χ1n) is 9.47. The normalized spacial score (nSPS) is 13.5. The van der Waals surface area contributed by atoms with Crippen LogP contribution in [0.25, 0.3) is 22.2 Å². The number of nitrogens with zero attached hydrogens (tertiary/aromatic N) is 6. The molecule has 0 atom stereocenters. The Bertz CT molecular complexity index is 1240. The van der Waals surface area contributed by atoms with Crippen LogP contribution in [-0.2, 0) is 11.3 Å². The Hall–Kier alpha value is -3.60. The molecule has 0 radical (unpaired) electrons. The lowest BCUT2D eigenvalue weighted by Crippen LogP contribution is -2.21. The molecular weight excluding hydrogens is 406 g/mol. The molecule has 0 unspecified atom stereocenters. The Morgan fingerprint density at radius 1 is 1.27 bits per heavy atom. The highest BCUT2D eigenvalue weighted by atomic mass is 32.1. The van der Waals surface area contributed by atoms with Gasteiger partial charge in [0.1, 0.15) is 0 Å². The number of anilines is 1. The van der Waals surface area contributed by atoms with Crippen molar-refractivity contribution in [2.45, 2.75) is 31.8 Å². The fourth-order valence-corrected chi connectivity index (χ4v) is 3.71. The summed E-state index contributed by atoms with van der Waals surface area (Å²) >= 11 is 1.43. The highest BCUT2D eigenvalue weighted by Gasteiger charge is 2.28. The number of amides is 1. The van der Waals surface area contributed by atoms with Crippen LogP contribution < -0.4 is 11.1 Å². The first-order chi connectivity index (χ1) is 14.7. The first kappa shape index (κ1) is 18.4. The van der Waals surface area contributed by atoms with Crippen LogP contribution >= 0.6 is 11.3 Å². The van der Waals surface area contributed by atoms with Gasteiger partial charge in [-0.2, -0.15) is 4.68 Å². The van der Waals surface area contributed by atoms with Crippen molar-refractivity contribution in [2.24, 2.45) is 0 Å². The maximum Gasteiger partial charge on any atom is 0.437 e. The Morgan fingerprint density at radius 2 is 2.17 bits per heavy atom. The van der Waals surface area contributed by atoms with Crippen molar-refractivity contribution in [3.63, 3.8) is 0 Å². The van der Waals surface area contributed by atoms with E-state index in [1.165, 1.54) is 11.3 Å². The Labute approximate surface area is 174 Å². The summed E-state index contributed by atoms with van der Waals surface area (Å²) in [6.45, 7) is 0.124. The minimum absolute atomic E-state index is 0.0837. The average molecular weight is 423 g/mol. The van der Waals surface area contributed by atoms with Gasteiger partial charge in [0.25, 0.3) is 5.89 Å². The number of aryl methyl sites for hydroxylation is 1. The van der Waals surface area contributed by atoms with Crippen LogP contribution in [0, 0.1) is 0 Å². The average Bonchev–Trinajstić information content (AvgIpc) is 3.13. The van der Waals surface area contributed by atoms with Gasteiger partial charge >= 0.3 is 5.76 Å². The Morgan fingerprint density at radius 3 is 2.97 bits per heavy atom. The molecular formula is C19H17N7O3S. The molecule has 3 aromatic heterocycles. The van der Waals surface area contributed by atoms with Gasteiger partial charge in [-0.3, -0.25) is 4.79 Å². The van der Waals surface area contributed by atoms with E-state index in [2.05, 4.69) is 25.9 Å². The number of aromatic nitrogens is 6. The number of nitrogens with one attached hydrogen (secondary N) is 1. The van der Waals surface area contributed by atoms with Crippen LogP contribution in [-0.4, -0.2) is 35.9 Å². The number of thiophene rings is 1. The van der Waals surface area contributed by atoms with Gasteiger partial charge in [-0.25, -0.2) is 9.48 Å². The SMILES string of the molecule is O=C(CCn1nc(-c2cccs2)oc1=O)Nc1cccc(-c2nnnn2C2CC2)c1. The van der Waals surface area contributed by atoms with Gasteiger partial charge in [0.05, 0.1) is 17.5 Å². The molecule has 1 aliphatic rings. The maximum atomic E-state index is 12.4. The topological polar surface area (TPSA) is 121 Å². The van der Waals surface area contributed by atoms with Crippen molar-refractivity contribution >= 4 is 22.9 Å². The van der Waals surface area contributed by atoms with Crippen LogP contribution in [0.15, 0.2) is 51.0 Å². The molecule has 1 amide bonds. The van der Waals surface area contributed by atoms with E-state index >= 15 is 0 Å². The number of hydrogen-bond donors (Lipinski definition) is 1. The van der Waals surface area contributed by atoms with E-state index in [0.29, 0.717) is 17.6 Å². The van der Waals surface area contributed by atoms with Gasteiger partial charge in [0.2, 0.25) is 5.91 Å². The zero-order valence-corrected chi connectivity index (χ0v) is 16.6. The van der Waals surface area contributed by atoms with Crippen LogP contribution in [0.3, 0.4) is 0 Å². The lowest BCUT2D eigenvalue weighted by Gasteiger charge is -2.07. The molecule has 0 spiro atoms. The molecule has 4 aromatic rings. The van der Waals surface area contributed by atoms with E-state index in [4.69, 9.17) is 4.42 Å². The van der Waals surface area contributed by atoms with Crippen LogP contribution in [0.5, 0.6) is 0 Å². The molecule has 0 bridgehead atoms. The number of carbonyl (C=O) groups excluding carboxylic acids is 1. The molecule has 1 aromatic carbocycles. The molecule has 1 aliphatic carbocycles. The third-order valence-electron chi connectivity index (χ3n) is 4.68. The number of benzene rings is 1. The summed E-state index contributed by atoms with van der Waals surface area (Å²) in [5, 5.41) is 20.8. The van der Waals surface area contributed by atoms with Gasteiger partial charge in [0.15, 0.2) is 5.82 Å². The van der Waals surface area contributed by atoms with E-state index in [-0.39, 0.29) is 24.8 Å². The van der Waals surface area contributed by atoms with Gasteiger partial charge in [-0.15, -0.1) is 21.5 Å². The van der Waals surface area contributed by atoms with Crippen molar-refractivity contribution in [3.8, 4) is 22.2 Å². The summed E-state index contributed by atoms with van der Waals surface area (Å²) < 4.78 is 8.14. The zero-order chi connectivity index (χ0) is 20.5. The molecule has 11 heteroatoms. The molecule has 1 N–H and O–H groups in total. The summed E-state index contributed by atoms with van der Waals surface area (Å²) in [5.41, 5.74) is 1.47. The number of hydrogen-bond acceptors (Lipinski definition) is 8. The van der Waals surface area contributed by atoms with E-state index in [1.807, 2.05) is 40.4 Å². The van der Waals surface area contributed by atoms with E-state index < -0.39 is 5.76 Å². The minimum atomic E-state index is -0.583. The summed E-state index contributed by atoms with van der Waals surface area (Å²) in [6, 6.07) is 11.4. The third kappa shape index (κ3) is 3.79. The summed E-state index contributed by atoms with van der Waals surface area (Å²) in [4.78, 5) is 25.1. The Kier molecular flexibility index (Phi) is 4.71. The number of rotatable bonds is 7. The summed E-state index contributed by atoms with van der Waals surface area (Å²) in [6.07, 6.45) is 2.23. The number of tetrazole rings is 1. The lowest BCUT2D eigenvalue weighted by molar-refractivity contribution is -0.116. The molecule has 3 heterocycles. The van der Waals surface area contributed by atoms with Crippen molar-refractivity contribution < 1.29 is 9.21 Å². The van der Waals surface area contributed by atoms with E-state index in [1.54, 1.807) is 6.07 Å². The third-order valence-corrected chi connectivity index (χ3v) is 5.54. The highest BCUT2D eigenvalue weighted by Crippen LogP contribution is 2.36. The molecule has 1 fully saturated rings. The van der Waals surface area contributed by atoms with E-state index in [0.717, 1.165) is 28.0 Å². The molecule has 152 valence electrons. The van der Waals surface area contributed by atoms with Gasteiger partial charge in [-0.05, 0) is 46.8 Å². The lowest BCUT2D eigenvalue weighted by atomic mass is 10.2. The maximum absolute atomic E-state index is 12.4. The van der Waals surface area contributed by atoms with Gasteiger partial charge in [0, 0.05) is 17.7 Å². The van der Waals surface area contributed by atoms with Crippen molar-refractivity contribution in [1.82, 2.24) is 30.0 Å².